The minimum absolute atomic E-state index is 0.0263. The predicted molar refractivity (Wildman–Crippen MR) is 351 cm³/mol. The minimum atomic E-state index is -1.53. The molecule has 0 aromatic heterocycles. The van der Waals surface area contributed by atoms with Gasteiger partial charge >= 0.3 is 11.9 Å². The highest BCUT2D eigenvalue weighted by Crippen LogP contribution is 2.33. The maximum absolute atomic E-state index is 15.2. The van der Waals surface area contributed by atoms with Gasteiger partial charge in [0.2, 0.25) is 41.2 Å². The zero-order valence-electron chi connectivity index (χ0n) is 55.5. The lowest BCUT2D eigenvalue weighted by Gasteiger charge is -2.36. The third-order valence-electron chi connectivity index (χ3n) is 17.2. The number of nitrogens with zero attached hydrogens (tertiary/aromatic N) is 4. The molecule has 0 radical (unpaired) electrons. The van der Waals surface area contributed by atoms with E-state index >= 15 is 4.79 Å². The van der Waals surface area contributed by atoms with E-state index in [1.54, 1.807) is 85.9 Å². The van der Waals surface area contributed by atoms with Crippen LogP contribution in [0.2, 0.25) is 0 Å². The molecule has 5 N–H and O–H groups in total. The van der Waals surface area contributed by atoms with Gasteiger partial charge in [0.05, 0.1) is 26.2 Å². The Morgan fingerprint density at radius 3 is 2.12 bits per heavy atom. The summed E-state index contributed by atoms with van der Waals surface area (Å²) in [5, 5.41) is 20.4. The summed E-state index contributed by atoms with van der Waals surface area (Å²) in [4.78, 5) is 161. The summed E-state index contributed by atoms with van der Waals surface area (Å²) >= 11 is 0. The molecule has 8 amide bonds. The smallest absolute Gasteiger partial charge is 0.330 e. The second-order valence-electron chi connectivity index (χ2n) is 25.2. The topological polar surface area (TPSA) is 306 Å². The Bertz CT molecular complexity index is 3430. The van der Waals surface area contributed by atoms with E-state index in [4.69, 9.17) is 18.9 Å². The largest absolute Gasteiger partial charge is 0.493 e. The van der Waals surface area contributed by atoms with Gasteiger partial charge in [0, 0.05) is 76.9 Å². The number of cyclic esters (lactones) is 2. The van der Waals surface area contributed by atoms with E-state index in [2.05, 4.69) is 21.3 Å². The molecule has 4 aromatic carbocycles. The number of ether oxygens (including phenoxy) is 4. The van der Waals surface area contributed by atoms with Crippen molar-refractivity contribution in [1.29, 1.82) is 0 Å². The number of benzene rings is 4. The van der Waals surface area contributed by atoms with E-state index in [0.29, 0.717) is 59.6 Å². The Balaban J connectivity index is 1.21. The molecule has 3 aliphatic rings. The summed E-state index contributed by atoms with van der Waals surface area (Å²) in [7, 11) is 6.12. The maximum Gasteiger partial charge on any atom is 0.330 e. The molecule has 24 nitrogen and oxygen atoms in total. The zero-order chi connectivity index (χ0) is 68.9. The number of esters is 2. The number of Topliss-reactive ketones (excluding diaryl/α,β-unsaturated/α-hetero) is 1. The van der Waals surface area contributed by atoms with E-state index in [0.717, 1.165) is 11.6 Å². The van der Waals surface area contributed by atoms with Crippen molar-refractivity contribution in [3.8, 4) is 11.5 Å². The fourth-order valence-corrected chi connectivity index (χ4v) is 11.8. The van der Waals surface area contributed by atoms with Crippen molar-refractivity contribution in [2.75, 3.05) is 73.0 Å². The van der Waals surface area contributed by atoms with Gasteiger partial charge in [-0.2, -0.15) is 0 Å². The van der Waals surface area contributed by atoms with Gasteiger partial charge in [-0.3, -0.25) is 43.2 Å². The highest BCUT2D eigenvalue weighted by atomic mass is 16.5. The molecule has 6 atom stereocenters. The number of carbonyl (C=O) groups excluding carboxylic acids is 11. The quantitative estimate of drug-likeness (QED) is 0.0786. The third kappa shape index (κ3) is 20.0. The number of likely N-dealkylation sites (N-methyl/N-ethyl adjacent to an activating group) is 2. The van der Waals surface area contributed by atoms with Crippen LogP contribution < -0.4 is 30.7 Å². The number of amides is 8. The molecule has 4 aromatic rings. The molecule has 510 valence electrons. The van der Waals surface area contributed by atoms with Crippen molar-refractivity contribution in [2.45, 2.75) is 141 Å². The second kappa shape index (κ2) is 34.6. The first kappa shape index (κ1) is 73.0. The van der Waals surface area contributed by atoms with Gasteiger partial charge in [-0.15, -0.1) is 0 Å². The van der Waals surface area contributed by atoms with Crippen molar-refractivity contribution < 1.29 is 76.8 Å². The van der Waals surface area contributed by atoms with Gasteiger partial charge in [0.15, 0.2) is 11.5 Å². The van der Waals surface area contributed by atoms with Crippen molar-refractivity contribution in [1.82, 2.24) is 35.6 Å². The van der Waals surface area contributed by atoms with Crippen LogP contribution in [0.1, 0.15) is 137 Å². The highest BCUT2D eigenvalue weighted by Gasteiger charge is 2.44. The molecule has 0 spiro atoms. The Morgan fingerprint density at radius 1 is 0.726 bits per heavy atom. The number of aliphatic hydroxyl groups is 1. The fraction of sp³-hybridized carbons (Fsp3) is 0.479. The summed E-state index contributed by atoms with van der Waals surface area (Å²) in [6.45, 7) is 6.35. The SMILES string of the molecule is COc1ccc(CC[C@H]2OC(=O)[C@@H]3CCCCN3C(=O)C(=O)C(C)(C)COC(=O)C=CCCN(C)C(=O)[C@H](CC(C)C)N(C)C(=O)[C@H]3CCCN3C(=O)[C@H](Cc3ccc(C(=O)NCCO)cc3)NC(=O)[C@H](c3ccccc3)NC(=O)CCC(=O)Nc3cccc2c3)cc1OC. The van der Waals surface area contributed by atoms with Crippen molar-refractivity contribution in [3.05, 3.63) is 137 Å². The number of aliphatic hydroxyl groups excluding tert-OH is 1. The second-order valence-corrected chi connectivity index (χ2v) is 25.2. The molecule has 3 heterocycles. The van der Waals surface area contributed by atoms with Crippen molar-refractivity contribution in [3.63, 3.8) is 0 Å². The normalized spacial score (nSPS) is 22.2. The molecule has 7 rings (SSSR count). The van der Waals surface area contributed by atoms with Crippen LogP contribution >= 0.6 is 0 Å². The maximum atomic E-state index is 15.2. The molecule has 24 heteroatoms. The first-order valence-electron chi connectivity index (χ1n) is 32.4. The van der Waals surface area contributed by atoms with Crippen LogP contribution in [0.3, 0.4) is 0 Å². The predicted octanol–water partition coefficient (Wildman–Crippen LogP) is 5.75. The number of aryl methyl sites for hydroxylation is 1. The average molecular weight is 1310 g/mol. The number of hydrogen-bond acceptors (Lipinski definition) is 16. The molecule has 3 aliphatic heterocycles. The summed E-state index contributed by atoms with van der Waals surface area (Å²) in [5.74, 6) is -6.49. The lowest BCUT2D eigenvalue weighted by Crippen LogP contribution is -2.58. The zero-order valence-corrected chi connectivity index (χ0v) is 55.5. The van der Waals surface area contributed by atoms with Crippen LogP contribution in [0, 0.1) is 11.3 Å². The minimum Gasteiger partial charge on any atom is -0.493 e. The number of nitrogens with one attached hydrogen (secondary N) is 4. The molecular weight excluding hydrogens is 1220 g/mol. The molecular formula is C71H90N8O16. The molecule has 2 saturated heterocycles. The number of fused-ring (bicyclic) bond motifs is 4. The lowest BCUT2D eigenvalue weighted by molar-refractivity contribution is -0.165. The van der Waals surface area contributed by atoms with Crippen LogP contribution in [-0.4, -0.2) is 182 Å². The Morgan fingerprint density at radius 2 is 1.41 bits per heavy atom. The van der Waals surface area contributed by atoms with E-state index in [-0.39, 0.29) is 89.2 Å². The molecule has 0 unspecified atom stereocenters. The Labute approximate surface area is 554 Å². The van der Waals surface area contributed by atoms with Crippen molar-refractivity contribution >= 4 is 70.7 Å². The molecule has 0 aliphatic carbocycles. The molecule has 0 saturated carbocycles. The molecule has 2 fully saturated rings. The number of rotatable bonds is 13. The lowest BCUT2D eigenvalue weighted by atomic mass is 9.87. The Kier molecular flexibility index (Phi) is 26.6. The standard InChI is InChI=1S/C71H90N8O16/c1-45(2)40-55-67(88)76(5)36-14-13-24-61(83)94-44-71(3,4)63(84)69(90)79-37-15-12-22-54(79)70(91)95-56(31-27-47-28-32-57(92-7)58(42-47)93-8)50-20-16-21-51(43-50)73-59(81)33-34-60(82)75-62(48-18-10-9-11-19-48)65(86)74-52(66(87)78-38-17-23-53(78)68(89)77(55)6)41-46-25-29-49(30-26-46)64(85)72-35-39-80/h9-11,13,16,18-21,24-26,28-30,32,42-43,45,52-56,62,80H,12,14-15,17,22-23,27,31,33-41,44H2,1-8H3,(H,72,85)(H,73,81)(H,74,86)(H,75,82)/t52-,53+,54-,55-,56+,62-/m0/s1. The number of carbonyl (C=O) groups is 11. The van der Waals surface area contributed by atoms with Gasteiger partial charge in [0.1, 0.15) is 42.9 Å². The summed E-state index contributed by atoms with van der Waals surface area (Å²) in [5.41, 5.74) is 1.20. The summed E-state index contributed by atoms with van der Waals surface area (Å²) < 4.78 is 22.8. The number of anilines is 1. The summed E-state index contributed by atoms with van der Waals surface area (Å²) in [6.07, 6.45) is 3.72. The van der Waals surface area contributed by atoms with Gasteiger partial charge < -0.3 is 64.9 Å². The van der Waals surface area contributed by atoms with Crippen LogP contribution in [0.4, 0.5) is 5.69 Å². The fourth-order valence-electron chi connectivity index (χ4n) is 11.8. The Hall–Kier alpha value is -9.45. The van der Waals surface area contributed by atoms with Crippen LogP contribution in [-0.2, 0) is 70.3 Å². The van der Waals surface area contributed by atoms with Crippen molar-refractivity contribution in [2.24, 2.45) is 11.3 Å². The van der Waals surface area contributed by atoms with Gasteiger partial charge in [-0.1, -0.05) is 80.6 Å². The number of ketones is 1. The third-order valence-corrected chi connectivity index (χ3v) is 17.2. The molecule has 2 bridgehead atoms. The average Bonchev–Trinajstić information content (AvgIpc) is 1.80. The van der Waals surface area contributed by atoms with E-state index in [1.807, 2.05) is 19.9 Å². The van der Waals surface area contributed by atoms with E-state index < -0.39 is 120 Å². The summed E-state index contributed by atoms with van der Waals surface area (Å²) in [6, 6.07) is 20.7. The number of piperidine rings is 1. The van der Waals surface area contributed by atoms with E-state index in [1.165, 1.54) is 72.9 Å². The molecule has 95 heavy (non-hydrogen) atoms. The van der Waals surface area contributed by atoms with Crippen LogP contribution in [0.5, 0.6) is 11.5 Å². The van der Waals surface area contributed by atoms with Crippen LogP contribution in [0.25, 0.3) is 0 Å². The number of methoxy groups -OCH3 is 2. The number of hydrogen-bond donors (Lipinski definition) is 5. The monoisotopic (exact) mass is 1310 g/mol. The first-order valence-corrected chi connectivity index (χ1v) is 32.4. The van der Waals surface area contributed by atoms with E-state index in [9.17, 15) is 53.1 Å². The van der Waals surface area contributed by atoms with Gasteiger partial charge in [-0.25, -0.2) is 9.59 Å². The van der Waals surface area contributed by atoms with Gasteiger partial charge in [0.25, 0.3) is 11.8 Å². The van der Waals surface area contributed by atoms with Crippen LogP contribution in [0.15, 0.2) is 109 Å². The highest BCUT2D eigenvalue weighted by molar-refractivity contribution is 6.38. The first-order chi connectivity index (χ1) is 45.4. The van der Waals surface area contributed by atoms with Gasteiger partial charge in [-0.05, 0) is 136 Å².